The summed E-state index contributed by atoms with van der Waals surface area (Å²) in [5.74, 6) is 1.63. The minimum atomic E-state index is -3.79. The summed E-state index contributed by atoms with van der Waals surface area (Å²) in [6, 6.07) is 15.4. The van der Waals surface area contributed by atoms with E-state index in [9.17, 15) is 13.2 Å². The van der Waals surface area contributed by atoms with Crippen molar-refractivity contribution in [1.82, 2.24) is 4.98 Å². The van der Waals surface area contributed by atoms with Crippen LogP contribution in [-0.2, 0) is 20.2 Å². The van der Waals surface area contributed by atoms with Crippen LogP contribution in [0.25, 0.3) is 11.1 Å². The topological polar surface area (TPSA) is 121 Å². The van der Waals surface area contributed by atoms with Gasteiger partial charge in [-0.25, -0.2) is 18.5 Å². The molecule has 1 aliphatic carbocycles. The second-order valence-electron chi connectivity index (χ2n) is 7.61. The van der Waals surface area contributed by atoms with E-state index in [0.717, 1.165) is 18.4 Å². The predicted molar refractivity (Wildman–Crippen MR) is 119 cm³/mol. The SMILES string of the molecule is NS(=O)(=O)c1cccc(-c2ccc(NC(=O)C3(c4ccc5c(c4)OCO5)CC3)nc2)c1.[HH].[HH].[HH]. The molecular formula is C22H25N3O5S. The van der Waals surface area contributed by atoms with E-state index < -0.39 is 15.4 Å². The summed E-state index contributed by atoms with van der Waals surface area (Å²) in [6.45, 7) is 0.189. The average Bonchev–Trinajstić information content (AvgIpc) is 3.45. The maximum absolute atomic E-state index is 13.0. The smallest absolute Gasteiger partial charge is 0.238 e. The molecule has 5 rings (SSSR count). The van der Waals surface area contributed by atoms with E-state index in [1.54, 1.807) is 30.5 Å². The fourth-order valence-electron chi connectivity index (χ4n) is 3.69. The Morgan fingerprint density at radius 3 is 2.55 bits per heavy atom. The second-order valence-corrected chi connectivity index (χ2v) is 9.17. The standard InChI is InChI=1S/C22H19N3O5S.3H2/c23-31(27,28)17-3-1-2-14(10-17)15-4-7-20(24-12-15)25-21(26)22(8-9-22)16-5-6-18-19(11-16)30-13-29-18;;;/h1-7,10-12H,8-9,13H2,(H2,23,27,28)(H,24,25,26);3*1H. The van der Waals surface area contributed by atoms with Crippen LogP contribution in [0.3, 0.4) is 0 Å². The quantitative estimate of drug-likeness (QED) is 0.622. The van der Waals surface area contributed by atoms with Crippen LogP contribution in [0.5, 0.6) is 11.5 Å². The highest BCUT2D eigenvalue weighted by Crippen LogP contribution is 2.51. The predicted octanol–water partition coefficient (Wildman–Crippen LogP) is 3.53. The van der Waals surface area contributed by atoms with Crippen LogP contribution in [0.15, 0.2) is 65.7 Å². The first-order valence-corrected chi connectivity index (χ1v) is 11.2. The Kier molecular flexibility index (Phi) is 4.45. The minimum absolute atomic E-state index is 0. The number of pyridine rings is 1. The number of anilines is 1. The van der Waals surface area contributed by atoms with Gasteiger partial charge in [0.15, 0.2) is 11.5 Å². The van der Waals surface area contributed by atoms with Crippen LogP contribution in [-0.4, -0.2) is 26.1 Å². The van der Waals surface area contributed by atoms with E-state index in [1.807, 2.05) is 18.2 Å². The Bertz CT molecular complexity index is 1300. The number of nitrogens with two attached hydrogens (primary N) is 1. The number of ether oxygens (including phenoxy) is 2. The van der Waals surface area contributed by atoms with Crippen LogP contribution in [0, 0.1) is 0 Å². The number of carbonyl (C=O) groups is 1. The third-order valence-electron chi connectivity index (χ3n) is 5.61. The molecule has 1 amide bonds. The highest BCUT2D eigenvalue weighted by atomic mass is 32.2. The fourth-order valence-corrected chi connectivity index (χ4v) is 4.25. The first-order valence-electron chi connectivity index (χ1n) is 9.66. The number of rotatable bonds is 5. The lowest BCUT2D eigenvalue weighted by Crippen LogP contribution is -2.28. The second kappa shape index (κ2) is 7.07. The van der Waals surface area contributed by atoms with Gasteiger partial charge in [-0.2, -0.15) is 0 Å². The first kappa shape index (κ1) is 19.5. The lowest BCUT2D eigenvalue weighted by Gasteiger charge is -2.16. The van der Waals surface area contributed by atoms with Crippen LogP contribution < -0.4 is 19.9 Å². The summed E-state index contributed by atoms with van der Waals surface area (Å²) in [5, 5.41) is 8.09. The zero-order chi connectivity index (χ0) is 21.6. The van der Waals surface area contributed by atoms with Crippen molar-refractivity contribution in [3.05, 3.63) is 66.4 Å². The normalized spacial score (nSPS) is 16.0. The highest BCUT2D eigenvalue weighted by molar-refractivity contribution is 7.89. The van der Waals surface area contributed by atoms with Gasteiger partial charge < -0.3 is 14.8 Å². The van der Waals surface area contributed by atoms with E-state index in [0.29, 0.717) is 28.4 Å². The monoisotopic (exact) mass is 443 g/mol. The van der Waals surface area contributed by atoms with Crippen molar-refractivity contribution < 1.29 is 27.0 Å². The molecule has 1 aliphatic heterocycles. The molecule has 0 unspecified atom stereocenters. The molecule has 31 heavy (non-hydrogen) atoms. The molecule has 0 bridgehead atoms. The number of benzene rings is 2. The molecule has 0 saturated heterocycles. The maximum atomic E-state index is 13.0. The molecule has 3 N–H and O–H groups in total. The van der Waals surface area contributed by atoms with Gasteiger partial charge in [0.1, 0.15) is 5.82 Å². The van der Waals surface area contributed by atoms with Crippen LogP contribution in [0.2, 0.25) is 0 Å². The number of primary sulfonamides is 1. The lowest BCUT2D eigenvalue weighted by atomic mass is 9.94. The Labute approximate surface area is 183 Å². The van der Waals surface area contributed by atoms with Crippen molar-refractivity contribution in [3.8, 4) is 22.6 Å². The average molecular weight is 444 g/mol. The molecule has 164 valence electrons. The van der Waals surface area contributed by atoms with Gasteiger partial charge >= 0.3 is 0 Å². The number of hydrogen-bond donors (Lipinski definition) is 2. The Hall–Kier alpha value is -3.43. The molecule has 0 radical (unpaired) electrons. The number of hydrogen-bond acceptors (Lipinski definition) is 6. The number of carbonyl (C=O) groups excluding carboxylic acids is 1. The van der Waals surface area contributed by atoms with Crippen molar-refractivity contribution in [2.24, 2.45) is 5.14 Å². The number of aromatic nitrogens is 1. The number of fused-ring (bicyclic) bond motifs is 1. The van der Waals surface area contributed by atoms with Gasteiger partial charge in [-0.05, 0) is 60.4 Å². The first-order chi connectivity index (χ1) is 14.8. The molecular weight excluding hydrogens is 418 g/mol. The lowest BCUT2D eigenvalue weighted by molar-refractivity contribution is -0.118. The van der Waals surface area contributed by atoms with Crippen LogP contribution in [0.4, 0.5) is 5.82 Å². The van der Waals surface area contributed by atoms with Crippen LogP contribution in [0.1, 0.15) is 22.7 Å². The summed E-state index contributed by atoms with van der Waals surface area (Å²) >= 11 is 0. The van der Waals surface area contributed by atoms with E-state index in [1.165, 1.54) is 12.1 Å². The molecule has 2 aliphatic rings. The molecule has 0 atom stereocenters. The maximum Gasteiger partial charge on any atom is 0.238 e. The van der Waals surface area contributed by atoms with E-state index in [-0.39, 0.29) is 21.9 Å². The van der Waals surface area contributed by atoms with Crippen molar-refractivity contribution in [2.45, 2.75) is 23.2 Å². The summed E-state index contributed by atoms with van der Waals surface area (Å²) in [5.41, 5.74) is 1.67. The van der Waals surface area contributed by atoms with Gasteiger partial charge in [-0.15, -0.1) is 0 Å². The summed E-state index contributed by atoms with van der Waals surface area (Å²) < 4.78 is 33.9. The third-order valence-corrected chi connectivity index (χ3v) is 6.52. The summed E-state index contributed by atoms with van der Waals surface area (Å²) in [4.78, 5) is 17.4. The number of sulfonamides is 1. The van der Waals surface area contributed by atoms with Gasteiger partial charge in [0.25, 0.3) is 0 Å². The Balaban J connectivity index is 0.00000136. The van der Waals surface area contributed by atoms with E-state index >= 15 is 0 Å². The Morgan fingerprint density at radius 1 is 1.03 bits per heavy atom. The Morgan fingerprint density at radius 2 is 1.84 bits per heavy atom. The fraction of sp³-hybridized carbons (Fsp3) is 0.182. The van der Waals surface area contributed by atoms with Gasteiger partial charge in [-0.3, -0.25) is 4.79 Å². The van der Waals surface area contributed by atoms with Crippen molar-refractivity contribution in [1.29, 1.82) is 0 Å². The highest BCUT2D eigenvalue weighted by Gasteiger charge is 2.51. The molecule has 1 saturated carbocycles. The molecule has 1 fully saturated rings. The minimum Gasteiger partial charge on any atom is -0.454 e. The van der Waals surface area contributed by atoms with Crippen LogP contribution >= 0.6 is 0 Å². The molecule has 3 aromatic rings. The van der Waals surface area contributed by atoms with Crippen molar-refractivity contribution in [3.63, 3.8) is 0 Å². The van der Waals surface area contributed by atoms with Crippen molar-refractivity contribution in [2.75, 3.05) is 12.1 Å². The molecule has 0 spiro atoms. The third kappa shape index (κ3) is 3.62. The van der Waals surface area contributed by atoms with Gasteiger partial charge in [-0.1, -0.05) is 18.2 Å². The molecule has 9 heteroatoms. The number of nitrogens with one attached hydrogen (secondary N) is 1. The van der Waals surface area contributed by atoms with Gasteiger partial charge in [0, 0.05) is 16.0 Å². The summed E-state index contributed by atoms with van der Waals surface area (Å²) in [7, 11) is -3.79. The molecule has 2 heterocycles. The molecule has 1 aromatic heterocycles. The van der Waals surface area contributed by atoms with Gasteiger partial charge in [0.05, 0.1) is 10.3 Å². The van der Waals surface area contributed by atoms with Gasteiger partial charge in [0.2, 0.25) is 22.7 Å². The van der Waals surface area contributed by atoms with Crippen molar-refractivity contribution >= 4 is 21.7 Å². The number of nitrogens with zero attached hydrogens (tertiary/aromatic N) is 1. The summed E-state index contributed by atoms with van der Waals surface area (Å²) in [6.07, 6.45) is 3.08. The zero-order valence-electron chi connectivity index (χ0n) is 16.4. The van der Waals surface area contributed by atoms with E-state index in [4.69, 9.17) is 14.6 Å². The zero-order valence-corrected chi connectivity index (χ0v) is 17.2. The number of amides is 1. The molecule has 8 nitrogen and oxygen atoms in total. The van der Waals surface area contributed by atoms with E-state index in [2.05, 4.69) is 10.3 Å². The molecule has 2 aromatic carbocycles. The largest absolute Gasteiger partial charge is 0.454 e.